The Morgan fingerprint density at radius 3 is 2.31 bits per heavy atom. The fourth-order valence-electron chi connectivity index (χ4n) is 5.73. The van der Waals surface area contributed by atoms with E-state index in [-0.39, 0.29) is 11.7 Å². The molecule has 2 heteroatoms. The van der Waals surface area contributed by atoms with Gasteiger partial charge in [-0.3, -0.25) is 0 Å². The zero-order valence-electron chi connectivity index (χ0n) is 20.4. The van der Waals surface area contributed by atoms with Gasteiger partial charge < -0.3 is 9.47 Å². The average Bonchev–Trinajstić information content (AvgIpc) is 2.81. The average molecular weight is 435 g/mol. The van der Waals surface area contributed by atoms with Crippen LogP contribution in [0.15, 0.2) is 54.6 Å². The second-order valence-electron chi connectivity index (χ2n) is 10.6. The maximum Gasteiger partial charge on any atom is 0.0857 e. The molecule has 0 bridgehead atoms. The molecule has 2 atom stereocenters. The minimum absolute atomic E-state index is 0.00417. The molecule has 32 heavy (non-hydrogen) atoms. The van der Waals surface area contributed by atoms with Gasteiger partial charge in [-0.25, -0.2) is 0 Å². The molecule has 2 nitrogen and oxygen atoms in total. The molecule has 1 aliphatic heterocycles. The van der Waals surface area contributed by atoms with E-state index in [9.17, 15) is 0 Å². The molecule has 2 fully saturated rings. The van der Waals surface area contributed by atoms with Gasteiger partial charge in [0, 0.05) is 19.4 Å². The van der Waals surface area contributed by atoms with Gasteiger partial charge in [0.15, 0.2) is 0 Å². The fourth-order valence-corrected chi connectivity index (χ4v) is 5.73. The van der Waals surface area contributed by atoms with Gasteiger partial charge in [-0.15, -0.1) is 0 Å². The van der Waals surface area contributed by atoms with Crippen LogP contribution in [0.1, 0.15) is 88.5 Å². The molecular weight excluding hydrogens is 392 g/mol. The van der Waals surface area contributed by atoms with E-state index in [1.165, 1.54) is 48.8 Å². The van der Waals surface area contributed by atoms with E-state index in [2.05, 4.69) is 75.4 Å². The number of benzene rings is 2. The highest BCUT2D eigenvalue weighted by Crippen LogP contribution is 2.47. The molecule has 174 valence electrons. The molecule has 0 amide bonds. The molecular formula is C30H42O2. The molecule has 2 aromatic rings. The number of hydrogen-bond acceptors (Lipinski definition) is 2. The van der Waals surface area contributed by atoms with Crippen LogP contribution in [0.25, 0.3) is 0 Å². The van der Waals surface area contributed by atoms with Crippen molar-refractivity contribution in [2.45, 2.75) is 96.4 Å². The molecule has 0 radical (unpaired) electrons. The largest absolute Gasteiger partial charge is 0.378 e. The van der Waals surface area contributed by atoms with Crippen molar-refractivity contribution in [3.63, 3.8) is 0 Å². The third-order valence-corrected chi connectivity index (χ3v) is 7.62. The fraction of sp³-hybridized carbons (Fsp3) is 0.600. The predicted octanol–water partition coefficient (Wildman–Crippen LogP) is 7.70. The van der Waals surface area contributed by atoms with Gasteiger partial charge in [0.25, 0.3) is 0 Å². The summed E-state index contributed by atoms with van der Waals surface area (Å²) in [6.45, 7) is 7.51. The lowest BCUT2D eigenvalue weighted by atomic mass is 9.72. The molecule has 2 aromatic carbocycles. The van der Waals surface area contributed by atoms with Crippen molar-refractivity contribution in [2.24, 2.45) is 11.8 Å². The maximum absolute atomic E-state index is 6.86. The molecule has 1 spiro atoms. The van der Waals surface area contributed by atoms with Crippen molar-refractivity contribution in [2.75, 3.05) is 6.61 Å². The third-order valence-electron chi connectivity index (χ3n) is 7.62. The van der Waals surface area contributed by atoms with Gasteiger partial charge in [0.1, 0.15) is 0 Å². The third kappa shape index (κ3) is 6.23. The lowest BCUT2D eigenvalue weighted by molar-refractivity contribution is -0.191. The van der Waals surface area contributed by atoms with Gasteiger partial charge in [-0.05, 0) is 80.4 Å². The number of aryl methyl sites for hydroxylation is 1. The molecule has 2 unspecified atom stereocenters. The molecule has 2 aliphatic rings. The second kappa shape index (κ2) is 11.0. The molecule has 1 saturated carbocycles. The minimum Gasteiger partial charge on any atom is -0.378 e. The van der Waals surface area contributed by atoms with Gasteiger partial charge in [0.05, 0.1) is 17.8 Å². The zero-order chi connectivity index (χ0) is 22.4. The van der Waals surface area contributed by atoms with E-state index in [0.29, 0.717) is 6.10 Å². The quantitative estimate of drug-likeness (QED) is 0.424. The standard InChI is InChI=1S/C30H42O2/c1-4-31-28-21-29(27-8-6-5-7-9-27)32-30(22-28)18-16-26(17-19-30)20-25-14-12-24(13-15-25)11-10-23(2)3/h5-9,12-15,23,26,28-29H,4,10-11,16-22H2,1-3H3. The van der Waals surface area contributed by atoms with Gasteiger partial charge >= 0.3 is 0 Å². The lowest BCUT2D eigenvalue weighted by Gasteiger charge is -2.48. The summed E-state index contributed by atoms with van der Waals surface area (Å²) in [5.41, 5.74) is 4.28. The summed E-state index contributed by atoms with van der Waals surface area (Å²) < 4.78 is 13.0. The first-order valence-corrected chi connectivity index (χ1v) is 13.0. The SMILES string of the molecule is CCOC1CC(c2ccccc2)OC2(CCC(Cc3ccc(CCC(C)C)cc3)CC2)C1. The van der Waals surface area contributed by atoms with Crippen LogP contribution in [0, 0.1) is 11.8 Å². The molecule has 1 saturated heterocycles. The molecule has 4 rings (SSSR count). The Labute approximate surface area is 195 Å². The summed E-state index contributed by atoms with van der Waals surface area (Å²) in [7, 11) is 0. The summed E-state index contributed by atoms with van der Waals surface area (Å²) >= 11 is 0. The van der Waals surface area contributed by atoms with Crippen molar-refractivity contribution in [3.8, 4) is 0 Å². The van der Waals surface area contributed by atoms with Crippen LogP contribution in [-0.2, 0) is 22.3 Å². The van der Waals surface area contributed by atoms with Crippen LogP contribution in [0.4, 0.5) is 0 Å². The van der Waals surface area contributed by atoms with Crippen LogP contribution in [-0.4, -0.2) is 18.3 Å². The van der Waals surface area contributed by atoms with Crippen molar-refractivity contribution in [3.05, 3.63) is 71.3 Å². The zero-order valence-corrected chi connectivity index (χ0v) is 20.4. The highest BCUT2D eigenvalue weighted by atomic mass is 16.5. The van der Waals surface area contributed by atoms with E-state index in [1.807, 2.05) is 0 Å². The first kappa shape index (κ1) is 23.5. The molecule has 1 aliphatic carbocycles. The van der Waals surface area contributed by atoms with Crippen LogP contribution < -0.4 is 0 Å². The highest BCUT2D eigenvalue weighted by molar-refractivity contribution is 5.23. The number of ether oxygens (including phenoxy) is 2. The van der Waals surface area contributed by atoms with E-state index in [0.717, 1.165) is 44.1 Å². The predicted molar refractivity (Wildman–Crippen MR) is 133 cm³/mol. The Morgan fingerprint density at radius 1 is 0.969 bits per heavy atom. The number of hydrogen-bond donors (Lipinski definition) is 0. The summed E-state index contributed by atoms with van der Waals surface area (Å²) in [6.07, 6.45) is 11.0. The highest BCUT2D eigenvalue weighted by Gasteiger charge is 2.44. The lowest BCUT2D eigenvalue weighted by Crippen LogP contribution is -2.46. The molecule has 0 aromatic heterocycles. The summed E-state index contributed by atoms with van der Waals surface area (Å²) in [6, 6.07) is 20.2. The van der Waals surface area contributed by atoms with Crippen LogP contribution in [0.5, 0.6) is 0 Å². The van der Waals surface area contributed by atoms with E-state index < -0.39 is 0 Å². The normalized spacial score (nSPS) is 28.3. The Kier molecular flexibility index (Phi) is 8.07. The minimum atomic E-state index is -0.00417. The first-order chi connectivity index (χ1) is 15.5. The number of rotatable bonds is 8. The van der Waals surface area contributed by atoms with Crippen LogP contribution in [0.3, 0.4) is 0 Å². The van der Waals surface area contributed by atoms with E-state index in [4.69, 9.17) is 9.47 Å². The van der Waals surface area contributed by atoms with E-state index >= 15 is 0 Å². The Hall–Kier alpha value is -1.64. The Morgan fingerprint density at radius 2 is 1.66 bits per heavy atom. The topological polar surface area (TPSA) is 18.5 Å². The first-order valence-electron chi connectivity index (χ1n) is 13.0. The smallest absolute Gasteiger partial charge is 0.0857 e. The summed E-state index contributed by atoms with van der Waals surface area (Å²) in [5, 5.41) is 0. The van der Waals surface area contributed by atoms with Gasteiger partial charge in [-0.1, -0.05) is 68.4 Å². The van der Waals surface area contributed by atoms with Crippen molar-refractivity contribution >= 4 is 0 Å². The van der Waals surface area contributed by atoms with Crippen molar-refractivity contribution in [1.29, 1.82) is 0 Å². The second-order valence-corrected chi connectivity index (χ2v) is 10.6. The van der Waals surface area contributed by atoms with Crippen LogP contribution >= 0.6 is 0 Å². The van der Waals surface area contributed by atoms with Crippen LogP contribution in [0.2, 0.25) is 0 Å². The molecule has 1 heterocycles. The van der Waals surface area contributed by atoms with Crippen molar-refractivity contribution in [1.82, 2.24) is 0 Å². The summed E-state index contributed by atoms with van der Waals surface area (Å²) in [5.74, 6) is 1.54. The van der Waals surface area contributed by atoms with Gasteiger partial charge in [-0.2, -0.15) is 0 Å². The molecule has 0 N–H and O–H groups in total. The maximum atomic E-state index is 6.86. The Bertz CT molecular complexity index is 802. The Balaban J connectivity index is 1.34. The van der Waals surface area contributed by atoms with Crippen molar-refractivity contribution < 1.29 is 9.47 Å². The van der Waals surface area contributed by atoms with Gasteiger partial charge in [0.2, 0.25) is 0 Å². The summed E-state index contributed by atoms with van der Waals surface area (Å²) in [4.78, 5) is 0. The monoisotopic (exact) mass is 434 g/mol. The van der Waals surface area contributed by atoms with E-state index in [1.54, 1.807) is 0 Å².